The number of aliphatic hydroxyl groups excluding tert-OH is 2. The first-order valence-corrected chi connectivity index (χ1v) is 10.4. The fraction of sp³-hybridized carbons (Fsp3) is 0.500. The van der Waals surface area contributed by atoms with Crippen LogP contribution in [0.1, 0.15) is 25.0 Å². The second-order valence-corrected chi connectivity index (χ2v) is 7.35. The third-order valence-corrected chi connectivity index (χ3v) is 4.24. The van der Waals surface area contributed by atoms with Crippen molar-refractivity contribution in [1.82, 2.24) is 0 Å². The van der Waals surface area contributed by atoms with Crippen molar-refractivity contribution in [3.05, 3.63) is 59.7 Å². The number of aliphatic hydroxyl groups is 2. The summed E-state index contributed by atoms with van der Waals surface area (Å²) in [5.74, 6) is 0. The van der Waals surface area contributed by atoms with E-state index in [1.165, 1.54) is 0 Å². The SMILES string of the molecule is CC(O)COCCOCc1ccc(-c2ccc(COCCOCC(C)O)cc2)cc1. The van der Waals surface area contributed by atoms with Crippen LogP contribution in [0.15, 0.2) is 48.5 Å². The highest BCUT2D eigenvalue weighted by Gasteiger charge is 2.01. The Kier molecular flexibility index (Phi) is 11.6. The Morgan fingerprint density at radius 1 is 0.567 bits per heavy atom. The monoisotopic (exact) mass is 418 g/mol. The van der Waals surface area contributed by atoms with Crippen LogP contribution < -0.4 is 0 Å². The van der Waals surface area contributed by atoms with E-state index in [0.29, 0.717) is 52.9 Å². The minimum atomic E-state index is -0.444. The van der Waals surface area contributed by atoms with Crippen molar-refractivity contribution in [1.29, 1.82) is 0 Å². The van der Waals surface area contributed by atoms with Gasteiger partial charge in [0.25, 0.3) is 0 Å². The maximum absolute atomic E-state index is 9.12. The zero-order valence-corrected chi connectivity index (χ0v) is 18.0. The molecule has 6 heteroatoms. The van der Waals surface area contributed by atoms with Crippen LogP contribution in [0.25, 0.3) is 11.1 Å². The molecule has 2 aromatic carbocycles. The third kappa shape index (κ3) is 10.3. The number of hydrogen-bond donors (Lipinski definition) is 2. The van der Waals surface area contributed by atoms with Gasteiger partial charge in [0.15, 0.2) is 0 Å². The van der Waals surface area contributed by atoms with Gasteiger partial charge >= 0.3 is 0 Å². The Balaban J connectivity index is 1.68. The molecule has 0 saturated carbocycles. The molecule has 2 unspecified atom stereocenters. The number of hydrogen-bond acceptors (Lipinski definition) is 6. The summed E-state index contributed by atoms with van der Waals surface area (Å²) in [4.78, 5) is 0. The lowest BCUT2D eigenvalue weighted by atomic mass is 10.0. The largest absolute Gasteiger partial charge is 0.391 e. The Morgan fingerprint density at radius 2 is 0.900 bits per heavy atom. The molecule has 2 rings (SSSR count). The standard InChI is InChI=1S/C24H34O6/c1-19(25)15-27-11-13-29-17-21-3-7-23(8-4-21)24-9-5-22(6-10-24)18-30-14-12-28-16-20(2)26/h3-10,19-20,25-26H,11-18H2,1-2H3. The summed E-state index contributed by atoms with van der Waals surface area (Å²) < 4.78 is 21.7. The highest BCUT2D eigenvalue weighted by Crippen LogP contribution is 2.21. The summed E-state index contributed by atoms with van der Waals surface area (Å²) in [5, 5.41) is 18.2. The van der Waals surface area contributed by atoms with E-state index in [1.54, 1.807) is 13.8 Å². The molecule has 2 N–H and O–H groups in total. The molecule has 6 nitrogen and oxygen atoms in total. The average molecular weight is 419 g/mol. The van der Waals surface area contributed by atoms with E-state index in [1.807, 2.05) is 0 Å². The van der Waals surface area contributed by atoms with Crippen LogP contribution >= 0.6 is 0 Å². The highest BCUT2D eigenvalue weighted by atomic mass is 16.5. The molecule has 2 atom stereocenters. The summed E-state index contributed by atoms with van der Waals surface area (Å²) in [6.07, 6.45) is -0.889. The molecule has 0 fully saturated rings. The van der Waals surface area contributed by atoms with Gasteiger partial charge in [0.2, 0.25) is 0 Å². The van der Waals surface area contributed by atoms with Gasteiger partial charge in [0.05, 0.1) is 65.1 Å². The molecule has 2 aromatic rings. The second-order valence-electron chi connectivity index (χ2n) is 7.35. The van der Waals surface area contributed by atoms with Crippen molar-refractivity contribution in [2.75, 3.05) is 39.6 Å². The first-order chi connectivity index (χ1) is 14.5. The maximum Gasteiger partial charge on any atom is 0.0745 e. The van der Waals surface area contributed by atoms with Crippen LogP contribution in [0.4, 0.5) is 0 Å². The van der Waals surface area contributed by atoms with Gasteiger partial charge in [0, 0.05) is 0 Å². The van der Waals surface area contributed by atoms with Gasteiger partial charge in [-0.3, -0.25) is 0 Å². The summed E-state index contributed by atoms with van der Waals surface area (Å²) in [7, 11) is 0. The molecule has 0 bridgehead atoms. The molecule has 0 saturated heterocycles. The van der Waals surface area contributed by atoms with Gasteiger partial charge in [-0.25, -0.2) is 0 Å². The van der Waals surface area contributed by atoms with Crippen LogP contribution in [0.3, 0.4) is 0 Å². The predicted molar refractivity (Wildman–Crippen MR) is 116 cm³/mol. The van der Waals surface area contributed by atoms with Gasteiger partial charge in [0.1, 0.15) is 0 Å². The molecule has 0 aliphatic heterocycles. The molecule has 0 amide bonds. The van der Waals surface area contributed by atoms with E-state index >= 15 is 0 Å². The Labute approximate surface area is 179 Å². The van der Waals surface area contributed by atoms with Gasteiger partial charge in [-0.15, -0.1) is 0 Å². The predicted octanol–water partition coefficient (Wildman–Crippen LogP) is 3.18. The summed E-state index contributed by atoms with van der Waals surface area (Å²) >= 11 is 0. The number of rotatable bonds is 15. The molecule has 0 spiro atoms. The first-order valence-electron chi connectivity index (χ1n) is 10.4. The molecule has 0 radical (unpaired) electrons. The van der Waals surface area contributed by atoms with E-state index < -0.39 is 12.2 Å². The highest BCUT2D eigenvalue weighted by molar-refractivity contribution is 5.63. The molecule has 30 heavy (non-hydrogen) atoms. The van der Waals surface area contributed by atoms with Crippen molar-refractivity contribution in [2.24, 2.45) is 0 Å². The third-order valence-electron chi connectivity index (χ3n) is 4.24. The molecular weight excluding hydrogens is 384 g/mol. The van der Waals surface area contributed by atoms with E-state index in [9.17, 15) is 0 Å². The first kappa shape index (κ1) is 24.5. The van der Waals surface area contributed by atoms with Crippen LogP contribution in [-0.4, -0.2) is 62.1 Å². The van der Waals surface area contributed by atoms with Gasteiger partial charge in [-0.2, -0.15) is 0 Å². The molecule has 0 aliphatic rings. The maximum atomic E-state index is 9.12. The number of benzene rings is 2. The molecule has 0 aromatic heterocycles. The van der Waals surface area contributed by atoms with Crippen molar-refractivity contribution in [3.63, 3.8) is 0 Å². The molecule has 0 aliphatic carbocycles. The van der Waals surface area contributed by atoms with Gasteiger partial charge in [-0.1, -0.05) is 48.5 Å². The van der Waals surface area contributed by atoms with Crippen LogP contribution in [0, 0.1) is 0 Å². The second kappa shape index (κ2) is 14.2. The van der Waals surface area contributed by atoms with E-state index in [4.69, 9.17) is 29.2 Å². The van der Waals surface area contributed by atoms with Crippen molar-refractivity contribution in [2.45, 2.75) is 39.3 Å². The quantitative estimate of drug-likeness (QED) is 0.433. The van der Waals surface area contributed by atoms with Crippen molar-refractivity contribution >= 4 is 0 Å². The molecule has 166 valence electrons. The van der Waals surface area contributed by atoms with E-state index in [-0.39, 0.29) is 0 Å². The lowest BCUT2D eigenvalue weighted by Gasteiger charge is -2.09. The Hall–Kier alpha value is -1.80. The summed E-state index contributed by atoms with van der Waals surface area (Å²) in [6, 6.07) is 16.6. The van der Waals surface area contributed by atoms with Crippen molar-refractivity contribution < 1.29 is 29.2 Å². The zero-order valence-electron chi connectivity index (χ0n) is 18.0. The summed E-state index contributed by atoms with van der Waals surface area (Å²) in [5.41, 5.74) is 4.52. The average Bonchev–Trinajstić information content (AvgIpc) is 2.73. The van der Waals surface area contributed by atoms with Gasteiger partial charge < -0.3 is 29.2 Å². The summed E-state index contributed by atoms with van der Waals surface area (Å²) in [6.45, 7) is 7.11. The number of ether oxygens (including phenoxy) is 4. The lowest BCUT2D eigenvalue weighted by molar-refractivity contribution is 0.00557. The Morgan fingerprint density at radius 3 is 1.23 bits per heavy atom. The Bertz CT molecular complexity index is 620. The fourth-order valence-corrected chi connectivity index (χ4v) is 2.71. The normalized spacial score (nSPS) is 13.3. The minimum absolute atomic E-state index is 0.335. The molecular formula is C24H34O6. The zero-order chi connectivity index (χ0) is 21.6. The van der Waals surface area contributed by atoms with E-state index in [0.717, 1.165) is 22.3 Å². The minimum Gasteiger partial charge on any atom is -0.391 e. The van der Waals surface area contributed by atoms with E-state index in [2.05, 4.69) is 48.5 Å². The topological polar surface area (TPSA) is 77.4 Å². The van der Waals surface area contributed by atoms with Crippen LogP contribution in [-0.2, 0) is 32.2 Å². The van der Waals surface area contributed by atoms with Crippen LogP contribution in [0.2, 0.25) is 0 Å². The van der Waals surface area contributed by atoms with Gasteiger partial charge in [-0.05, 0) is 36.1 Å². The smallest absolute Gasteiger partial charge is 0.0745 e. The van der Waals surface area contributed by atoms with Crippen LogP contribution in [0.5, 0.6) is 0 Å². The fourth-order valence-electron chi connectivity index (χ4n) is 2.71. The molecule has 0 heterocycles. The lowest BCUT2D eigenvalue weighted by Crippen LogP contribution is -2.13. The van der Waals surface area contributed by atoms with Crippen molar-refractivity contribution in [3.8, 4) is 11.1 Å².